The molecule has 4 aromatic rings. The van der Waals surface area contributed by atoms with Crippen molar-refractivity contribution in [3.8, 4) is 11.5 Å². The molecule has 0 spiro atoms. The fourth-order valence-corrected chi connectivity index (χ4v) is 3.96. The number of thioether (sulfide) groups is 1. The van der Waals surface area contributed by atoms with Crippen LogP contribution in [0, 0.1) is 0 Å². The SMILES string of the molecule is COc1ccc2[nH]c(CSc3nnc(COc4ccccc4Cl)n3C)cc(=O)c2c1. The number of nitrogens with zero attached hydrogens (tertiary/aromatic N) is 3. The molecule has 0 aliphatic rings. The van der Waals surface area contributed by atoms with Crippen LogP contribution >= 0.6 is 23.4 Å². The number of fused-ring (bicyclic) bond motifs is 1. The molecule has 7 nitrogen and oxygen atoms in total. The summed E-state index contributed by atoms with van der Waals surface area (Å²) in [5.41, 5.74) is 1.52. The molecule has 154 valence electrons. The van der Waals surface area contributed by atoms with E-state index in [4.69, 9.17) is 21.1 Å². The molecule has 0 atom stereocenters. The van der Waals surface area contributed by atoms with Crippen LogP contribution in [-0.2, 0) is 19.4 Å². The van der Waals surface area contributed by atoms with Crippen molar-refractivity contribution < 1.29 is 9.47 Å². The smallest absolute Gasteiger partial charge is 0.191 e. The second-order valence-corrected chi connectivity index (χ2v) is 7.89. The lowest BCUT2D eigenvalue weighted by Crippen LogP contribution is -2.06. The van der Waals surface area contributed by atoms with E-state index in [1.165, 1.54) is 11.8 Å². The highest BCUT2D eigenvalue weighted by Gasteiger charge is 2.12. The molecule has 0 radical (unpaired) electrons. The molecule has 9 heteroatoms. The van der Waals surface area contributed by atoms with Crippen LogP contribution in [0.3, 0.4) is 0 Å². The summed E-state index contributed by atoms with van der Waals surface area (Å²) >= 11 is 7.60. The van der Waals surface area contributed by atoms with Crippen molar-refractivity contribution in [2.24, 2.45) is 7.05 Å². The van der Waals surface area contributed by atoms with Crippen LogP contribution in [0.25, 0.3) is 10.9 Å². The third kappa shape index (κ3) is 4.29. The molecule has 0 saturated carbocycles. The fourth-order valence-electron chi connectivity index (χ4n) is 2.93. The minimum absolute atomic E-state index is 0.0509. The van der Waals surface area contributed by atoms with E-state index in [9.17, 15) is 4.79 Å². The lowest BCUT2D eigenvalue weighted by molar-refractivity contribution is 0.290. The second-order valence-electron chi connectivity index (χ2n) is 6.54. The average molecular weight is 443 g/mol. The van der Waals surface area contributed by atoms with E-state index in [0.717, 1.165) is 16.4 Å². The molecule has 0 aliphatic heterocycles. The minimum atomic E-state index is -0.0509. The molecule has 0 saturated heterocycles. The maximum Gasteiger partial charge on any atom is 0.191 e. The molecule has 1 N–H and O–H groups in total. The van der Waals surface area contributed by atoms with Crippen LogP contribution in [0.2, 0.25) is 5.02 Å². The summed E-state index contributed by atoms with van der Waals surface area (Å²) in [6.45, 7) is 0.252. The van der Waals surface area contributed by atoms with Crippen molar-refractivity contribution >= 4 is 34.3 Å². The molecule has 4 rings (SSSR count). The van der Waals surface area contributed by atoms with Crippen LogP contribution in [0.5, 0.6) is 11.5 Å². The Morgan fingerprint density at radius 3 is 2.80 bits per heavy atom. The summed E-state index contributed by atoms with van der Waals surface area (Å²) in [6.07, 6.45) is 0. The maximum atomic E-state index is 12.5. The minimum Gasteiger partial charge on any atom is -0.497 e. The summed E-state index contributed by atoms with van der Waals surface area (Å²) in [7, 11) is 3.46. The van der Waals surface area contributed by atoms with E-state index < -0.39 is 0 Å². The summed E-state index contributed by atoms with van der Waals surface area (Å²) in [6, 6.07) is 14.3. The first-order valence-corrected chi connectivity index (χ1v) is 10.5. The first-order chi connectivity index (χ1) is 14.5. The van der Waals surface area contributed by atoms with Gasteiger partial charge in [0.1, 0.15) is 18.1 Å². The zero-order valence-corrected chi connectivity index (χ0v) is 18.0. The molecule has 2 heterocycles. The number of pyridine rings is 1. The lowest BCUT2D eigenvalue weighted by atomic mass is 10.2. The number of para-hydroxylation sites is 1. The fraction of sp³-hybridized carbons (Fsp3) is 0.190. The first kappa shape index (κ1) is 20.3. The zero-order chi connectivity index (χ0) is 21.1. The van der Waals surface area contributed by atoms with Crippen molar-refractivity contribution in [2.75, 3.05) is 7.11 Å². The highest BCUT2D eigenvalue weighted by Crippen LogP contribution is 2.25. The standard InChI is InChI=1S/C21H19ClN4O3S/c1-26-20(11-29-19-6-4-3-5-16(19)22)24-25-21(26)30-12-13-9-18(27)15-10-14(28-2)7-8-17(15)23-13/h3-10H,11-12H2,1-2H3,(H,23,27). The molecular formula is C21H19ClN4O3S. The van der Waals surface area contributed by atoms with Gasteiger partial charge >= 0.3 is 0 Å². The number of rotatable bonds is 7. The number of benzene rings is 2. The Morgan fingerprint density at radius 2 is 2.00 bits per heavy atom. The van der Waals surface area contributed by atoms with E-state index in [-0.39, 0.29) is 12.0 Å². The van der Waals surface area contributed by atoms with E-state index in [2.05, 4.69) is 15.2 Å². The molecule has 0 amide bonds. The monoisotopic (exact) mass is 442 g/mol. The van der Waals surface area contributed by atoms with Gasteiger partial charge in [-0.25, -0.2) is 0 Å². The molecule has 0 unspecified atom stereocenters. The number of hydrogen-bond donors (Lipinski definition) is 1. The van der Waals surface area contributed by atoms with Crippen molar-refractivity contribution in [1.29, 1.82) is 0 Å². The van der Waals surface area contributed by atoms with Crippen molar-refractivity contribution in [2.45, 2.75) is 17.5 Å². The normalized spacial score (nSPS) is 11.0. The Morgan fingerprint density at radius 1 is 1.17 bits per heavy atom. The second kappa shape index (κ2) is 8.81. The zero-order valence-electron chi connectivity index (χ0n) is 16.4. The number of aromatic nitrogens is 4. The van der Waals surface area contributed by atoms with E-state index in [1.54, 1.807) is 31.4 Å². The van der Waals surface area contributed by atoms with Gasteiger partial charge in [-0.2, -0.15) is 0 Å². The van der Waals surface area contributed by atoms with Gasteiger partial charge in [-0.3, -0.25) is 4.79 Å². The van der Waals surface area contributed by atoms with Crippen LogP contribution in [0.1, 0.15) is 11.5 Å². The van der Waals surface area contributed by atoms with E-state index in [0.29, 0.717) is 33.5 Å². The Bertz CT molecular complexity index is 1250. The molecule has 0 fully saturated rings. The van der Waals surface area contributed by atoms with Gasteiger partial charge in [0, 0.05) is 35.5 Å². The summed E-state index contributed by atoms with van der Waals surface area (Å²) in [5.74, 6) is 2.48. The molecule has 2 aromatic carbocycles. The number of ether oxygens (including phenoxy) is 2. The van der Waals surface area contributed by atoms with Crippen LogP contribution in [0.15, 0.2) is 58.5 Å². The maximum absolute atomic E-state index is 12.5. The van der Waals surface area contributed by atoms with Gasteiger partial charge in [0.05, 0.1) is 12.1 Å². The summed E-state index contributed by atoms with van der Waals surface area (Å²) < 4.78 is 12.8. The van der Waals surface area contributed by atoms with Gasteiger partial charge in [0.2, 0.25) is 0 Å². The van der Waals surface area contributed by atoms with Crippen molar-refractivity contribution in [3.63, 3.8) is 0 Å². The van der Waals surface area contributed by atoms with Crippen molar-refractivity contribution in [1.82, 2.24) is 19.7 Å². The number of methoxy groups -OCH3 is 1. The largest absolute Gasteiger partial charge is 0.497 e. The predicted octanol–water partition coefficient (Wildman–Crippen LogP) is 4.19. The third-order valence-electron chi connectivity index (χ3n) is 4.57. The molecule has 0 aliphatic carbocycles. The average Bonchev–Trinajstić information content (AvgIpc) is 3.11. The van der Waals surface area contributed by atoms with Crippen LogP contribution in [0.4, 0.5) is 0 Å². The number of nitrogens with one attached hydrogen (secondary N) is 1. The topological polar surface area (TPSA) is 82.0 Å². The number of hydrogen-bond acceptors (Lipinski definition) is 6. The van der Waals surface area contributed by atoms with Gasteiger partial charge in [-0.05, 0) is 30.3 Å². The van der Waals surface area contributed by atoms with Gasteiger partial charge in [0.15, 0.2) is 16.4 Å². The Hall–Kier alpha value is -2.97. The Balaban J connectivity index is 1.45. The number of halogens is 1. The Kier molecular flexibility index (Phi) is 5.96. The Labute approximate surface area is 182 Å². The quantitative estimate of drug-likeness (QED) is 0.432. The highest BCUT2D eigenvalue weighted by atomic mass is 35.5. The van der Waals surface area contributed by atoms with Gasteiger partial charge < -0.3 is 19.0 Å². The lowest BCUT2D eigenvalue weighted by Gasteiger charge is -2.08. The van der Waals surface area contributed by atoms with Gasteiger partial charge in [-0.15, -0.1) is 10.2 Å². The third-order valence-corrected chi connectivity index (χ3v) is 5.95. The molecule has 30 heavy (non-hydrogen) atoms. The highest BCUT2D eigenvalue weighted by molar-refractivity contribution is 7.98. The first-order valence-electron chi connectivity index (χ1n) is 9.13. The van der Waals surface area contributed by atoms with Gasteiger partial charge in [-0.1, -0.05) is 35.5 Å². The molecule has 0 bridgehead atoms. The number of aromatic amines is 1. The van der Waals surface area contributed by atoms with E-state index >= 15 is 0 Å². The van der Waals surface area contributed by atoms with Crippen LogP contribution < -0.4 is 14.9 Å². The summed E-state index contributed by atoms with van der Waals surface area (Å²) in [4.78, 5) is 15.7. The van der Waals surface area contributed by atoms with Crippen molar-refractivity contribution in [3.05, 3.63) is 75.3 Å². The van der Waals surface area contributed by atoms with E-state index in [1.807, 2.05) is 35.9 Å². The predicted molar refractivity (Wildman–Crippen MR) is 117 cm³/mol. The van der Waals surface area contributed by atoms with Gasteiger partial charge in [0.25, 0.3) is 0 Å². The molecular weight excluding hydrogens is 424 g/mol. The van der Waals surface area contributed by atoms with Crippen LogP contribution in [-0.4, -0.2) is 26.9 Å². The summed E-state index contributed by atoms with van der Waals surface area (Å²) in [5, 5.41) is 10.3. The number of H-pyrrole nitrogens is 1. The molecule has 2 aromatic heterocycles.